The van der Waals surface area contributed by atoms with Gasteiger partial charge in [-0.2, -0.15) is 0 Å². The Labute approximate surface area is 147 Å². The minimum Gasteiger partial charge on any atom is -0.0656 e. The number of rotatable bonds is 1. The molecule has 0 aliphatic rings. The number of fused-ring (bicyclic) bond motifs is 1. The fourth-order valence-corrected chi connectivity index (χ4v) is 4.28. The lowest BCUT2D eigenvalue weighted by molar-refractivity contribution is 1.62. The van der Waals surface area contributed by atoms with Gasteiger partial charge in [-0.1, -0.05) is 79.1 Å². The molecule has 0 unspecified atom stereocenters. The predicted octanol–water partition coefficient (Wildman–Crippen LogP) is 5.55. The summed E-state index contributed by atoms with van der Waals surface area (Å²) in [4.78, 5) is 0. The maximum absolute atomic E-state index is 3.70. The van der Waals surface area contributed by atoms with Crippen LogP contribution in [-0.2, 0) is 0 Å². The highest BCUT2D eigenvalue weighted by molar-refractivity contribution is 9.10. The van der Waals surface area contributed by atoms with Crippen LogP contribution in [0.3, 0.4) is 0 Å². The first-order valence-corrected chi connectivity index (χ1v) is 12.0. The molecule has 0 spiro atoms. The van der Waals surface area contributed by atoms with E-state index < -0.39 is 8.07 Å². The molecular weight excluding hydrogens is 360 g/mol. The first-order chi connectivity index (χ1) is 10.9. The molecule has 0 nitrogen and oxygen atoms in total. The topological polar surface area (TPSA) is 0 Å². The van der Waals surface area contributed by atoms with Crippen LogP contribution in [0, 0.1) is 11.8 Å². The van der Waals surface area contributed by atoms with Crippen LogP contribution < -0.4 is 5.19 Å². The second-order valence-corrected chi connectivity index (χ2v) is 12.6. The van der Waals surface area contributed by atoms with Gasteiger partial charge in [-0.3, -0.25) is 0 Å². The third-order valence-corrected chi connectivity index (χ3v) is 6.88. The Bertz CT molecular complexity index is 906. The number of hydrogen-bond donors (Lipinski definition) is 0. The quantitative estimate of drug-likeness (QED) is 0.384. The number of halogens is 1. The molecule has 0 fully saturated rings. The summed E-state index contributed by atoms with van der Waals surface area (Å²) in [6, 6.07) is 21.3. The van der Waals surface area contributed by atoms with E-state index in [1.807, 2.05) is 0 Å². The van der Waals surface area contributed by atoms with E-state index in [-0.39, 0.29) is 0 Å². The van der Waals surface area contributed by atoms with Crippen LogP contribution in [0.25, 0.3) is 10.8 Å². The number of benzene rings is 3. The summed E-state index contributed by atoms with van der Waals surface area (Å²) in [5, 5.41) is 3.90. The first-order valence-electron chi connectivity index (χ1n) is 7.75. The van der Waals surface area contributed by atoms with Gasteiger partial charge in [0, 0.05) is 15.6 Å². The minimum absolute atomic E-state index is 1.03. The summed E-state index contributed by atoms with van der Waals surface area (Å²) in [5.41, 5.74) is 2.09. The zero-order valence-electron chi connectivity index (χ0n) is 13.7. The Balaban J connectivity index is 1.94. The second-order valence-electron chi connectivity index (χ2n) is 6.73. The summed E-state index contributed by atoms with van der Waals surface area (Å²) in [5.74, 6) is 6.57. The Hall–Kier alpha value is -1.82. The molecule has 0 aromatic heterocycles. The molecule has 0 radical (unpaired) electrons. The van der Waals surface area contributed by atoms with Crippen molar-refractivity contribution in [2.45, 2.75) is 19.6 Å². The van der Waals surface area contributed by atoms with Gasteiger partial charge in [0.05, 0.1) is 8.07 Å². The van der Waals surface area contributed by atoms with Crippen molar-refractivity contribution in [1.29, 1.82) is 0 Å². The fraction of sp³-hybridized carbons (Fsp3) is 0.143. The van der Waals surface area contributed by atoms with Gasteiger partial charge >= 0.3 is 0 Å². The summed E-state index contributed by atoms with van der Waals surface area (Å²) in [6.45, 7) is 7.08. The third kappa shape index (κ3) is 3.58. The fourth-order valence-electron chi connectivity index (χ4n) is 2.52. The van der Waals surface area contributed by atoms with E-state index in [1.54, 1.807) is 0 Å². The zero-order valence-corrected chi connectivity index (χ0v) is 16.2. The predicted molar refractivity (Wildman–Crippen MR) is 107 cm³/mol. The molecular formula is C21H19BrSi. The molecule has 0 saturated heterocycles. The molecule has 0 amide bonds. The first kappa shape index (κ1) is 16.0. The van der Waals surface area contributed by atoms with Crippen LogP contribution in [0.1, 0.15) is 11.1 Å². The lowest BCUT2D eigenvalue weighted by Crippen LogP contribution is -2.37. The zero-order chi connectivity index (χ0) is 16.4. The van der Waals surface area contributed by atoms with Gasteiger partial charge in [0.1, 0.15) is 0 Å². The molecule has 0 saturated carbocycles. The van der Waals surface area contributed by atoms with Gasteiger partial charge in [0.15, 0.2) is 0 Å². The molecule has 0 heterocycles. The third-order valence-electron chi connectivity index (χ3n) is 3.96. The maximum atomic E-state index is 3.70. The summed E-state index contributed by atoms with van der Waals surface area (Å²) >= 11 is 3.70. The second kappa shape index (κ2) is 6.35. The van der Waals surface area contributed by atoms with Crippen LogP contribution in [0.2, 0.25) is 19.6 Å². The van der Waals surface area contributed by atoms with Gasteiger partial charge < -0.3 is 0 Å². The smallest absolute Gasteiger partial charge is 0.0656 e. The Morgan fingerprint density at radius 3 is 2.17 bits per heavy atom. The molecule has 0 bridgehead atoms. The van der Waals surface area contributed by atoms with Crippen LogP contribution in [-0.4, -0.2) is 8.07 Å². The minimum atomic E-state index is -1.24. The normalized spacial score (nSPS) is 11.1. The van der Waals surface area contributed by atoms with Crippen LogP contribution in [0.5, 0.6) is 0 Å². The highest BCUT2D eigenvalue weighted by atomic mass is 79.9. The van der Waals surface area contributed by atoms with E-state index in [2.05, 4.69) is 108 Å². The van der Waals surface area contributed by atoms with Crippen LogP contribution >= 0.6 is 15.9 Å². The molecule has 0 aliphatic heterocycles. The van der Waals surface area contributed by atoms with Crippen molar-refractivity contribution in [2.75, 3.05) is 0 Å². The lowest BCUT2D eigenvalue weighted by Gasteiger charge is -2.15. The van der Waals surface area contributed by atoms with Crippen molar-refractivity contribution < 1.29 is 0 Å². The van der Waals surface area contributed by atoms with Crippen molar-refractivity contribution in [3.05, 3.63) is 76.3 Å². The van der Waals surface area contributed by atoms with Crippen molar-refractivity contribution in [3.8, 4) is 11.8 Å². The molecule has 0 aliphatic carbocycles. The lowest BCUT2D eigenvalue weighted by atomic mass is 10.1. The van der Waals surface area contributed by atoms with Crippen molar-refractivity contribution in [1.82, 2.24) is 0 Å². The van der Waals surface area contributed by atoms with Gasteiger partial charge in [0.25, 0.3) is 0 Å². The summed E-state index contributed by atoms with van der Waals surface area (Å²) < 4.78 is 1.07. The van der Waals surface area contributed by atoms with E-state index in [0.717, 1.165) is 15.6 Å². The van der Waals surface area contributed by atoms with Crippen LogP contribution in [0.15, 0.2) is 65.1 Å². The van der Waals surface area contributed by atoms with Gasteiger partial charge in [0.2, 0.25) is 0 Å². The molecule has 0 atom stereocenters. The van der Waals surface area contributed by atoms with Gasteiger partial charge in [-0.05, 0) is 44.9 Å². The summed E-state index contributed by atoms with van der Waals surface area (Å²) in [7, 11) is -1.24. The SMILES string of the molecule is C[Si](C)(C)c1ccc(C#Cc2ccc3ccccc3c2Br)cc1. The molecule has 0 N–H and O–H groups in total. The van der Waals surface area contributed by atoms with Crippen molar-refractivity contribution >= 4 is 40.0 Å². The standard InChI is InChI=1S/C21H19BrSi/c1-23(2,3)19-14-9-16(10-15-19)8-11-18-13-12-17-6-4-5-7-20(17)21(18)22/h4-7,9-10,12-15H,1-3H3. The van der Waals surface area contributed by atoms with E-state index in [0.29, 0.717) is 0 Å². The molecule has 2 heteroatoms. The van der Waals surface area contributed by atoms with E-state index in [9.17, 15) is 0 Å². The van der Waals surface area contributed by atoms with Crippen molar-refractivity contribution in [3.63, 3.8) is 0 Å². The maximum Gasteiger partial charge on any atom is 0.0775 e. The largest absolute Gasteiger partial charge is 0.0775 e. The number of hydrogen-bond acceptors (Lipinski definition) is 0. The Kier molecular flexibility index (Phi) is 4.43. The average molecular weight is 379 g/mol. The average Bonchev–Trinajstić information content (AvgIpc) is 2.54. The monoisotopic (exact) mass is 378 g/mol. The highest BCUT2D eigenvalue weighted by Crippen LogP contribution is 2.27. The van der Waals surface area contributed by atoms with E-state index >= 15 is 0 Å². The van der Waals surface area contributed by atoms with E-state index in [4.69, 9.17) is 0 Å². The Morgan fingerprint density at radius 1 is 0.783 bits per heavy atom. The summed E-state index contributed by atoms with van der Waals surface area (Å²) in [6.07, 6.45) is 0. The highest BCUT2D eigenvalue weighted by Gasteiger charge is 2.15. The molecule has 3 aromatic carbocycles. The molecule has 3 rings (SSSR count). The molecule has 3 aromatic rings. The van der Waals surface area contributed by atoms with E-state index in [1.165, 1.54) is 16.0 Å². The van der Waals surface area contributed by atoms with Gasteiger partial charge in [-0.15, -0.1) is 0 Å². The molecule has 114 valence electrons. The molecule has 23 heavy (non-hydrogen) atoms. The van der Waals surface area contributed by atoms with Gasteiger partial charge in [-0.25, -0.2) is 0 Å². The Morgan fingerprint density at radius 2 is 1.48 bits per heavy atom. The van der Waals surface area contributed by atoms with Crippen molar-refractivity contribution in [2.24, 2.45) is 0 Å². The van der Waals surface area contributed by atoms with Crippen LogP contribution in [0.4, 0.5) is 0 Å².